The summed E-state index contributed by atoms with van der Waals surface area (Å²) in [6.07, 6.45) is 2.20. The zero-order chi connectivity index (χ0) is 18.7. The summed E-state index contributed by atoms with van der Waals surface area (Å²) in [5.41, 5.74) is 7.35. The summed E-state index contributed by atoms with van der Waals surface area (Å²) >= 11 is 1.39. The first-order valence-corrected chi connectivity index (χ1v) is 8.95. The Morgan fingerprint density at radius 1 is 1.23 bits per heavy atom. The van der Waals surface area contributed by atoms with Crippen LogP contribution in [0.15, 0.2) is 36.5 Å². The molecule has 0 aliphatic heterocycles. The molecule has 0 saturated heterocycles. The van der Waals surface area contributed by atoms with Gasteiger partial charge >= 0.3 is 0 Å². The number of carbonyl (C=O) groups is 2. The second-order valence-corrected chi connectivity index (χ2v) is 7.00. The second kappa shape index (κ2) is 7.59. The van der Waals surface area contributed by atoms with Gasteiger partial charge in [0.05, 0.1) is 10.6 Å². The molecule has 0 aliphatic carbocycles. The zero-order valence-corrected chi connectivity index (χ0v) is 15.1. The van der Waals surface area contributed by atoms with E-state index in [4.69, 9.17) is 10.8 Å². The molecule has 26 heavy (non-hydrogen) atoms. The first-order chi connectivity index (χ1) is 12.5. The minimum absolute atomic E-state index is 0.0442. The fraction of sp³-hybridized carbons (Fsp3) is 0.222. The summed E-state index contributed by atoms with van der Waals surface area (Å²) in [6.45, 7) is 0.479. The largest absolute Gasteiger partial charge is 0.397 e. The van der Waals surface area contributed by atoms with E-state index in [9.17, 15) is 9.59 Å². The molecule has 136 valence electrons. The van der Waals surface area contributed by atoms with Crippen molar-refractivity contribution in [3.05, 3.63) is 47.1 Å². The molecule has 0 fully saturated rings. The van der Waals surface area contributed by atoms with Crippen molar-refractivity contribution in [3.8, 4) is 0 Å². The van der Waals surface area contributed by atoms with Crippen molar-refractivity contribution in [2.24, 2.45) is 7.05 Å². The van der Waals surface area contributed by atoms with Gasteiger partial charge in [0.2, 0.25) is 0 Å². The summed E-state index contributed by atoms with van der Waals surface area (Å²) in [6, 6.07) is 8.92. The zero-order valence-electron chi connectivity index (χ0n) is 14.3. The van der Waals surface area contributed by atoms with Gasteiger partial charge in [-0.2, -0.15) is 0 Å². The SMILES string of the molecule is Cn1cc(N)cc1C(=O)Nc1ccc2sc(C(=O)NCCCO)cc2c1. The first-order valence-electron chi connectivity index (χ1n) is 8.14. The van der Waals surface area contributed by atoms with E-state index in [-0.39, 0.29) is 18.4 Å². The van der Waals surface area contributed by atoms with Crippen LogP contribution in [0.3, 0.4) is 0 Å². The lowest BCUT2D eigenvalue weighted by Crippen LogP contribution is -2.24. The first kappa shape index (κ1) is 18.0. The highest BCUT2D eigenvalue weighted by atomic mass is 32.1. The molecule has 0 atom stereocenters. The number of aromatic nitrogens is 1. The Hall–Kier alpha value is -2.84. The van der Waals surface area contributed by atoms with Gasteiger partial charge in [-0.1, -0.05) is 0 Å². The van der Waals surface area contributed by atoms with Crippen molar-refractivity contribution in [2.45, 2.75) is 6.42 Å². The van der Waals surface area contributed by atoms with Crippen LogP contribution in [0.4, 0.5) is 11.4 Å². The Bertz CT molecular complexity index is 961. The minimum Gasteiger partial charge on any atom is -0.397 e. The van der Waals surface area contributed by atoms with Crippen LogP contribution in [0.1, 0.15) is 26.6 Å². The van der Waals surface area contributed by atoms with Crippen LogP contribution in [0.25, 0.3) is 10.1 Å². The number of fused-ring (bicyclic) bond motifs is 1. The molecule has 0 saturated carbocycles. The van der Waals surface area contributed by atoms with Crippen LogP contribution in [0.2, 0.25) is 0 Å². The standard InChI is InChI=1S/C18H20N4O3S/c1-22-10-12(19)9-14(22)17(24)21-13-3-4-15-11(7-13)8-16(26-15)18(25)20-5-2-6-23/h3-4,7-10,23H,2,5-6,19H2,1H3,(H,20,25)(H,21,24). The highest BCUT2D eigenvalue weighted by molar-refractivity contribution is 7.20. The normalized spacial score (nSPS) is 10.8. The van der Waals surface area contributed by atoms with Gasteiger partial charge in [-0.15, -0.1) is 11.3 Å². The number of hydrogen-bond donors (Lipinski definition) is 4. The Morgan fingerprint density at radius 2 is 2.04 bits per heavy atom. The number of rotatable bonds is 6. The third-order valence-corrected chi connectivity index (χ3v) is 4.99. The molecule has 5 N–H and O–H groups in total. The highest BCUT2D eigenvalue weighted by Crippen LogP contribution is 2.28. The van der Waals surface area contributed by atoms with Gasteiger partial charge in [0.1, 0.15) is 5.69 Å². The number of benzene rings is 1. The number of aryl methyl sites for hydroxylation is 1. The molecular weight excluding hydrogens is 352 g/mol. The molecule has 2 amide bonds. The predicted octanol–water partition coefficient (Wildman–Crippen LogP) is 2.19. The van der Waals surface area contributed by atoms with Crippen LogP contribution in [-0.2, 0) is 7.05 Å². The number of aliphatic hydroxyl groups is 1. The molecule has 0 aliphatic rings. The van der Waals surface area contributed by atoms with E-state index in [1.165, 1.54) is 11.3 Å². The van der Waals surface area contributed by atoms with Gasteiger partial charge < -0.3 is 26.0 Å². The van der Waals surface area contributed by atoms with E-state index in [1.807, 2.05) is 12.1 Å². The lowest BCUT2D eigenvalue weighted by molar-refractivity contribution is 0.0954. The van der Waals surface area contributed by atoms with Crippen molar-refractivity contribution in [1.82, 2.24) is 9.88 Å². The average Bonchev–Trinajstić information content (AvgIpc) is 3.17. The third-order valence-electron chi connectivity index (χ3n) is 3.88. The lowest BCUT2D eigenvalue weighted by Gasteiger charge is -2.06. The molecule has 0 spiro atoms. The van der Waals surface area contributed by atoms with E-state index in [2.05, 4.69) is 10.6 Å². The van der Waals surface area contributed by atoms with Crippen molar-refractivity contribution in [1.29, 1.82) is 0 Å². The lowest BCUT2D eigenvalue weighted by atomic mass is 10.2. The van der Waals surface area contributed by atoms with E-state index in [0.29, 0.717) is 34.9 Å². The maximum atomic E-state index is 12.4. The number of nitrogens with zero attached hydrogens (tertiary/aromatic N) is 1. The maximum Gasteiger partial charge on any atom is 0.272 e. The number of hydrogen-bond acceptors (Lipinski definition) is 5. The molecule has 0 radical (unpaired) electrons. The van der Waals surface area contributed by atoms with Crippen LogP contribution >= 0.6 is 11.3 Å². The highest BCUT2D eigenvalue weighted by Gasteiger charge is 2.13. The third kappa shape index (κ3) is 3.87. The van der Waals surface area contributed by atoms with Crippen molar-refractivity contribution in [2.75, 3.05) is 24.2 Å². The van der Waals surface area contributed by atoms with E-state index < -0.39 is 0 Å². The number of amides is 2. The van der Waals surface area contributed by atoms with E-state index in [0.717, 1.165) is 10.1 Å². The smallest absolute Gasteiger partial charge is 0.272 e. The second-order valence-electron chi connectivity index (χ2n) is 5.92. The Kier molecular flexibility index (Phi) is 5.24. The summed E-state index contributed by atoms with van der Waals surface area (Å²) in [5.74, 6) is -0.412. The van der Waals surface area contributed by atoms with Gasteiger partial charge in [0.25, 0.3) is 11.8 Å². The molecular formula is C18H20N4O3S. The number of nitrogen functional groups attached to an aromatic ring is 1. The minimum atomic E-state index is -0.249. The molecule has 2 aromatic heterocycles. The monoisotopic (exact) mass is 372 g/mol. The van der Waals surface area contributed by atoms with Crippen LogP contribution < -0.4 is 16.4 Å². The topological polar surface area (TPSA) is 109 Å². The van der Waals surface area contributed by atoms with Crippen LogP contribution in [-0.4, -0.2) is 34.6 Å². The molecule has 2 heterocycles. The maximum absolute atomic E-state index is 12.4. The van der Waals surface area contributed by atoms with Crippen LogP contribution in [0, 0.1) is 0 Å². The average molecular weight is 372 g/mol. The number of thiophene rings is 1. The van der Waals surface area contributed by atoms with Gasteiger partial charge in [-0.25, -0.2) is 0 Å². The Morgan fingerprint density at radius 3 is 2.73 bits per heavy atom. The van der Waals surface area contributed by atoms with Crippen molar-refractivity contribution >= 4 is 44.6 Å². The molecule has 0 unspecified atom stereocenters. The van der Waals surface area contributed by atoms with Gasteiger partial charge in [0, 0.05) is 36.8 Å². The van der Waals surface area contributed by atoms with Gasteiger partial charge in [0.15, 0.2) is 0 Å². The fourth-order valence-corrected chi connectivity index (χ4v) is 3.57. The molecule has 3 rings (SSSR count). The van der Waals surface area contributed by atoms with Crippen LogP contribution in [0.5, 0.6) is 0 Å². The Balaban J connectivity index is 1.75. The quantitative estimate of drug-likeness (QED) is 0.497. The number of nitrogens with two attached hydrogens (primary N) is 1. The number of nitrogens with one attached hydrogen (secondary N) is 2. The van der Waals surface area contributed by atoms with Gasteiger partial charge in [-0.3, -0.25) is 9.59 Å². The van der Waals surface area contributed by atoms with E-state index in [1.54, 1.807) is 36.0 Å². The summed E-state index contributed by atoms with van der Waals surface area (Å²) < 4.78 is 2.63. The summed E-state index contributed by atoms with van der Waals surface area (Å²) in [5, 5.41) is 15.3. The molecule has 1 aromatic carbocycles. The summed E-state index contributed by atoms with van der Waals surface area (Å²) in [4.78, 5) is 25.1. The molecule has 3 aromatic rings. The number of anilines is 2. The predicted molar refractivity (Wildman–Crippen MR) is 104 cm³/mol. The summed E-state index contributed by atoms with van der Waals surface area (Å²) in [7, 11) is 1.76. The fourth-order valence-electron chi connectivity index (χ4n) is 2.61. The Labute approximate surface area is 154 Å². The van der Waals surface area contributed by atoms with Crippen molar-refractivity contribution in [3.63, 3.8) is 0 Å². The number of aliphatic hydroxyl groups excluding tert-OH is 1. The van der Waals surface area contributed by atoms with Gasteiger partial charge in [-0.05, 0) is 42.1 Å². The molecule has 7 nitrogen and oxygen atoms in total. The molecule has 0 bridgehead atoms. The number of carbonyl (C=O) groups excluding carboxylic acids is 2. The van der Waals surface area contributed by atoms with E-state index >= 15 is 0 Å². The van der Waals surface area contributed by atoms with Crippen molar-refractivity contribution < 1.29 is 14.7 Å². The molecule has 8 heteroatoms.